The lowest BCUT2D eigenvalue weighted by atomic mass is 9.95. The van der Waals surface area contributed by atoms with E-state index in [0.717, 1.165) is 59.0 Å². The summed E-state index contributed by atoms with van der Waals surface area (Å²) < 4.78 is 20.2. The zero-order chi connectivity index (χ0) is 30.2. The van der Waals surface area contributed by atoms with Crippen molar-refractivity contribution in [2.24, 2.45) is 0 Å². The number of rotatable bonds is 6. The topological polar surface area (TPSA) is 61.8 Å². The third kappa shape index (κ3) is 4.37. The molecule has 0 saturated carbocycles. The van der Waals surface area contributed by atoms with Gasteiger partial charge in [0.25, 0.3) is 5.91 Å². The fourth-order valence-corrected chi connectivity index (χ4v) is 8.60. The first kappa shape index (κ1) is 28.0. The van der Waals surface area contributed by atoms with Gasteiger partial charge in [0.15, 0.2) is 5.83 Å². The lowest BCUT2D eigenvalue weighted by Gasteiger charge is -2.47. The average molecular weight is 633 g/mol. The molecule has 5 heterocycles. The Morgan fingerprint density at radius 3 is 2.55 bits per heavy atom. The fraction of sp³-hybridized carbons (Fsp3) is 0.382. The normalized spacial score (nSPS) is 22.3. The number of amides is 1. The van der Waals surface area contributed by atoms with Crippen LogP contribution in [0, 0.1) is 0 Å². The van der Waals surface area contributed by atoms with Crippen molar-refractivity contribution in [1.82, 2.24) is 19.8 Å². The predicted octanol–water partition coefficient (Wildman–Crippen LogP) is 7.04. The number of ether oxygens (including phenoxy) is 1. The molecule has 7 nitrogen and oxygen atoms in total. The van der Waals surface area contributed by atoms with Gasteiger partial charge in [-0.3, -0.25) is 9.69 Å². The summed E-state index contributed by atoms with van der Waals surface area (Å²) in [6.07, 6.45) is 5.31. The lowest BCUT2D eigenvalue weighted by Crippen LogP contribution is -2.63. The molecule has 0 spiro atoms. The van der Waals surface area contributed by atoms with Gasteiger partial charge in [0, 0.05) is 39.5 Å². The summed E-state index contributed by atoms with van der Waals surface area (Å²) in [5, 5.41) is 3.97. The molecule has 0 radical (unpaired) electrons. The van der Waals surface area contributed by atoms with Crippen molar-refractivity contribution >= 4 is 56.6 Å². The Morgan fingerprint density at radius 1 is 1.00 bits per heavy atom. The summed E-state index contributed by atoms with van der Waals surface area (Å²) >= 11 is 13.7. The van der Waals surface area contributed by atoms with Crippen molar-refractivity contribution in [3.05, 3.63) is 71.0 Å². The van der Waals surface area contributed by atoms with Gasteiger partial charge < -0.3 is 14.5 Å². The van der Waals surface area contributed by atoms with E-state index >= 15 is 0 Å². The largest absolute Gasteiger partial charge is 0.461 e. The number of benzene rings is 3. The van der Waals surface area contributed by atoms with E-state index in [9.17, 15) is 9.18 Å². The number of nitrogens with zero attached hydrogens (tertiary/aromatic N) is 5. The van der Waals surface area contributed by atoms with Crippen LogP contribution >= 0.6 is 23.2 Å². The first-order chi connectivity index (χ1) is 21.3. The van der Waals surface area contributed by atoms with Crippen LogP contribution in [0.2, 0.25) is 10.0 Å². The predicted molar refractivity (Wildman–Crippen MR) is 172 cm³/mol. The average Bonchev–Trinajstić information content (AvgIpc) is 3.68. The molecule has 4 aliphatic heterocycles. The SMILES string of the molecule is C=C(F)C(=O)N1CCC2[C@H]1CN2c1nc(OCC23CCCN2CCC3)nc2cc(-c3cccc4cccc(Cl)c34)c(Cl)cc12. The molecule has 0 N–H and O–H groups in total. The zero-order valence-electron chi connectivity index (χ0n) is 24.2. The van der Waals surface area contributed by atoms with E-state index in [1.54, 1.807) is 4.90 Å². The number of anilines is 1. The van der Waals surface area contributed by atoms with Crippen molar-refractivity contribution in [2.45, 2.75) is 49.7 Å². The summed E-state index contributed by atoms with van der Waals surface area (Å²) in [4.78, 5) is 28.7. The van der Waals surface area contributed by atoms with E-state index < -0.39 is 11.7 Å². The Labute approximate surface area is 265 Å². The molecule has 8 rings (SSSR count). The van der Waals surface area contributed by atoms with Crippen LogP contribution in [-0.2, 0) is 4.79 Å². The van der Waals surface area contributed by atoms with Crippen LogP contribution in [0.15, 0.2) is 60.9 Å². The highest BCUT2D eigenvalue weighted by molar-refractivity contribution is 6.38. The van der Waals surface area contributed by atoms with E-state index in [1.807, 2.05) is 48.5 Å². The number of aromatic nitrogens is 2. The third-order valence-electron chi connectivity index (χ3n) is 10.2. The third-order valence-corrected chi connectivity index (χ3v) is 10.9. The van der Waals surface area contributed by atoms with Crippen LogP contribution < -0.4 is 9.64 Å². The number of likely N-dealkylation sites (tertiary alicyclic amines) is 1. The summed E-state index contributed by atoms with van der Waals surface area (Å²) in [7, 11) is 0. The highest BCUT2D eigenvalue weighted by Crippen LogP contribution is 2.44. The summed E-state index contributed by atoms with van der Waals surface area (Å²) in [6, 6.07) is 16.1. The van der Waals surface area contributed by atoms with Gasteiger partial charge in [0.1, 0.15) is 12.4 Å². The lowest BCUT2D eigenvalue weighted by molar-refractivity contribution is -0.130. The standard InChI is InChI=1S/C34H32Cl2FN5O2/c1-20(37)32(43)41-15-10-28-29(41)18-42(28)31-24-16-26(36)23(22-8-2-6-21-7-3-9-25(35)30(21)22)17-27(24)38-33(39-31)44-19-34-11-4-13-40(34)14-5-12-34/h2-3,6-9,16-17,28-29H,1,4-5,10-15,18-19H2/t28?,29-/m1/s1. The van der Waals surface area contributed by atoms with Crippen molar-refractivity contribution in [1.29, 1.82) is 0 Å². The maximum atomic E-state index is 13.7. The number of carbonyl (C=O) groups is 1. The molecule has 44 heavy (non-hydrogen) atoms. The van der Waals surface area contributed by atoms with Gasteiger partial charge in [0.05, 0.1) is 23.1 Å². The van der Waals surface area contributed by atoms with Gasteiger partial charge in [-0.25, -0.2) is 4.39 Å². The molecule has 1 amide bonds. The molecule has 4 fully saturated rings. The highest BCUT2D eigenvalue weighted by atomic mass is 35.5. The Hall–Kier alpha value is -3.46. The van der Waals surface area contributed by atoms with Crippen molar-refractivity contribution in [2.75, 3.05) is 37.7 Å². The molecule has 0 aliphatic carbocycles. The number of fused-ring (bicyclic) bond motifs is 4. The van der Waals surface area contributed by atoms with E-state index in [1.165, 1.54) is 12.8 Å². The number of halogens is 3. The van der Waals surface area contributed by atoms with Crippen molar-refractivity contribution < 1.29 is 13.9 Å². The molecule has 1 unspecified atom stereocenters. The molecule has 0 bridgehead atoms. The van der Waals surface area contributed by atoms with Crippen LogP contribution in [0.25, 0.3) is 32.8 Å². The fourth-order valence-electron chi connectivity index (χ4n) is 8.05. The minimum Gasteiger partial charge on any atom is -0.461 e. The van der Waals surface area contributed by atoms with Gasteiger partial charge in [-0.15, -0.1) is 0 Å². The quantitative estimate of drug-likeness (QED) is 0.213. The van der Waals surface area contributed by atoms with E-state index in [4.69, 9.17) is 37.9 Å². The van der Waals surface area contributed by atoms with Gasteiger partial charge in [-0.1, -0.05) is 60.1 Å². The zero-order valence-corrected chi connectivity index (χ0v) is 25.7. The maximum absolute atomic E-state index is 13.7. The number of carbonyl (C=O) groups excluding carboxylic acids is 1. The first-order valence-electron chi connectivity index (χ1n) is 15.3. The molecule has 3 aromatic carbocycles. The van der Waals surface area contributed by atoms with Crippen LogP contribution in [0.4, 0.5) is 10.2 Å². The van der Waals surface area contributed by atoms with Gasteiger partial charge in [-0.2, -0.15) is 9.97 Å². The summed E-state index contributed by atoms with van der Waals surface area (Å²) in [6.45, 7) is 7.00. The van der Waals surface area contributed by atoms with Crippen LogP contribution in [0.1, 0.15) is 32.1 Å². The second kappa shape index (κ2) is 10.6. The van der Waals surface area contributed by atoms with Crippen LogP contribution in [-0.4, -0.2) is 76.1 Å². The Morgan fingerprint density at radius 2 is 1.77 bits per heavy atom. The Balaban J connectivity index is 1.21. The van der Waals surface area contributed by atoms with Crippen LogP contribution in [0.3, 0.4) is 0 Å². The summed E-state index contributed by atoms with van der Waals surface area (Å²) in [5.74, 6) is -0.837. The molecule has 4 saturated heterocycles. The number of hydrogen-bond acceptors (Lipinski definition) is 6. The minimum absolute atomic E-state index is 0.0123. The Bertz CT molecular complexity index is 1830. The van der Waals surface area contributed by atoms with E-state index in [2.05, 4.69) is 16.4 Å². The molecular weight excluding hydrogens is 600 g/mol. The molecule has 1 aromatic heterocycles. The van der Waals surface area contributed by atoms with E-state index in [0.29, 0.717) is 47.7 Å². The van der Waals surface area contributed by atoms with Crippen molar-refractivity contribution in [3.8, 4) is 17.1 Å². The summed E-state index contributed by atoms with van der Waals surface area (Å²) in [5.41, 5.74) is 2.51. The van der Waals surface area contributed by atoms with Crippen molar-refractivity contribution in [3.63, 3.8) is 0 Å². The molecular formula is C34H32Cl2FN5O2. The Kier molecular flexibility index (Phi) is 6.74. The molecule has 4 aromatic rings. The molecule has 226 valence electrons. The molecule has 2 atom stereocenters. The first-order valence-corrected chi connectivity index (χ1v) is 16.1. The van der Waals surface area contributed by atoms with Gasteiger partial charge in [-0.05, 0) is 74.3 Å². The van der Waals surface area contributed by atoms with E-state index in [-0.39, 0.29) is 17.6 Å². The monoisotopic (exact) mass is 631 g/mol. The smallest absolute Gasteiger partial charge is 0.319 e. The highest BCUT2D eigenvalue weighted by Gasteiger charge is 2.50. The molecule has 4 aliphatic rings. The minimum atomic E-state index is -0.924. The maximum Gasteiger partial charge on any atom is 0.319 e. The molecule has 10 heteroatoms. The van der Waals surface area contributed by atoms with Crippen LogP contribution in [0.5, 0.6) is 6.01 Å². The second-order valence-corrected chi connectivity index (χ2v) is 13.3. The number of hydrogen-bond donors (Lipinski definition) is 0. The van der Waals surface area contributed by atoms with Gasteiger partial charge in [0.2, 0.25) is 0 Å². The van der Waals surface area contributed by atoms with Gasteiger partial charge >= 0.3 is 6.01 Å². The second-order valence-electron chi connectivity index (χ2n) is 12.5.